The van der Waals surface area contributed by atoms with Gasteiger partial charge in [-0.05, 0) is 31.4 Å². The van der Waals surface area contributed by atoms with Crippen molar-refractivity contribution >= 4 is 6.09 Å². The largest absolute Gasteiger partial charge is 0.441 e. The Morgan fingerprint density at radius 3 is 2.72 bits per heavy atom. The summed E-state index contributed by atoms with van der Waals surface area (Å²) in [6.07, 6.45) is 5.28. The van der Waals surface area contributed by atoms with Gasteiger partial charge in [0.2, 0.25) is 0 Å². The normalized spacial score (nSPS) is 26.8. The van der Waals surface area contributed by atoms with E-state index < -0.39 is 0 Å². The molecule has 0 unspecified atom stereocenters. The van der Waals surface area contributed by atoms with E-state index in [2.05, 4.69) is 34.5 Å². The molecule has 5 nitrogen and oxygen atoms in total. The summed E-state index contributed by atoms with van der Waals surface area (Å²) in [6.45, 7) is 5.87. The van der Waals surface area contributed by atoms with Crippen molar-refractivity contribution < 1.29 is 9.53 Å². The van der Waals surface area contributed by atoms with Crippen molar-refractivity contribution in [1.29, 1.82) is 0 Å². The molecule has 1 aromatic rings. The quantitative estimate of drug-likeness (QED) is 0.911. The molecule has 136 valence electrons. The Hall–Kier alpha value is -1.59. The number of hydrogen-bond acceptors (Lipinski definition) is 4. The van der Waals surface area contributed by atoms with Crippen molar-refractivity contribution in [3.8, 4) is 0 Å². The minimum Gasteiger partial charge on any atom is -0.441 e. The molecule has 1 spiro atoms. The smallest absolute Gasteiger partial charge is 0.410 e. The molecule has 0 radical (unpaired) electrons. The first kappa shape index (κ1) is 16.9. The molecular weight excluding hydrogens is 314 g/mol. The van der Waals surface area contributed by atoms with Gasteiger partial charge in [-0.15, -0.1) is 0 Å². The lowest BCUT2D eigenvalue weighted by molar-refractivity contribution is -0.0127. The van der Waals surface area contributed by atoms with E-state index in [1.165, 1.54) is 18.4 Å². The molecule has 4 rings (SSSR count). The van der Waals surface area contributed by atoms with E-state index >= 15 is 0 Å². The summed E-state index contributed by atoms with van der Waals surface area (Å²) in [5.41, 5.74) is 1.03. The van der Waals surface area contributed by atoms with Gasteiger partial charge in [0, 0.05) is 45.1 Å². The third-order valence-electron chi connectivity index (χ3n) is 6.05. The molecule has 5 heteroatoms. The van der Waals surface area contributed by atoms with Gasteiger partial charge in [0.05, 0.1) is 6.54 Å². The standard InChI is InChI=1S/C20H29N3O2/c24-19-23(12-8-17-5-2-1-3-6-17)16-20(25-19)9-13-22(14-10-20)18-7-4-11-21-15-18/h1-3,5-6,18,21H,4,7-16H2/t18-/m1/s1. The molecule has 25 heavy (non-hydrogen) atoms. The van der Waals surface area contributed by atoms with Crippen molar-refractivity contribution in [2.24, 2.45) is 0 Å². The number of carbonyl (C=O) groups is 1. The molecule has 0 bridgehead atoms. The highest BCUT2D eigenvalue weighted by molar-refractivity contribution is 5.70. The Labute approximate surface area is 150 Å². The number of rotatable bonds is 4. The summed E-state index contributed by atoms with van der Waals surface area (Å²) in [6, 6.07) is 11.0. The van der Waals surface area contributed by atoms with Crippen LogP contribution in [0.3, 0.4) is 0 Å². The van der Waals surface area contributed by atoms with Gasteiger partial charge in [0.1, 0.15) is 5.60 Å². The average molecular weight is 343 g/mol. The minimum atomic E-state index is -0.244. The maximum atomic E-state index is 12.3. The SMILES string of the molecule is O=C1OC2(CCN([C@@H]3CCCNC3)CC2)CN1CCc1ccccc1. The molecule has 1 atom stereocenters. The third-order valence-corrected chi connectivity index (χ3v) is 6.05. The summed E-state index contributed by atoms with van der Waals surface area (Å²) >= 11 is 0. The zero-order valence-electron chi connectivity index (χ0n) is 15.0. The lowest BCUT2D eigenvalue weighted by atomic mass is 9.89. The van der Waals surface area contributed by atoms with Crippen LogP contribution in [0.2, 0.25) is 0 Å². The van der Waals surface area contributed by atoms with Crippen LogP contribution in [0.5, 0.6) is 0 Å². The number of ether oxygens (including phenoxy) is 1. The van der Waals surface area contributed by atoms with Crippen molar-refractivity contribution in [3.63, 3.8) is 0 Å². The van der Waals surface area contributed by atoms with E-state index in [1.807, 2.05) is 11.0 Å². The molecule has 1 N–H and O–H groups in total. The van der Waals surface area contributed by atoms with E-state index in [0.717, 1.165) is 58.5 Å². The molecular formula is C20H29N3O2. The second-order valence-electron chi connectivity index (χ2n) is 7.74. The molecule has 0 saturated carbocycles. The summed E-state index contributed by atoms with van der Waals surface area (Å²) in [5, 5.41) is 3.50. The molecule has 3 fully saturated rings. The van der Waals surface area contributed by atoms with Gasteiger partial charge in [-0.25, -0.2) is 4.79 Å². The highest BCUT2D eigenvalue weighted by atomic mass is 16.6. The number of likely N-dealkylation sites (tertiary alicyclic amines) is 1. The van der Waals surface area contributed by atoms with E-state index in [0.29, 0.717) is 6.04 Å². The molecule has 3 aliphatic heterocycles. The van der Waals surface area contributed by atoms with E-state index in [-0.39, 0.29) is 11.7 Å². The third kappa shape index (κ3) is 3.82. The van der Waals surface area contributed by atoms with Gasteiger partial charge < -0.3 is 15.0 Å². The maximum absolute atomic E-state index is 12.3. The molecule has 1 aromatic carbocycles. The zero-order chi connectivity index (χ0) is 17.1. The summed E-state index contributed by atoms with van der Waals surface area (Å²) in [5.74, 6) is 0. The first-order valence-electron chi connectivity index (χ1n) is 9.71. The zero-order valence-corrected chi connectivity index (χ0v) is 15.0. The number of benzene rings is 1. The Morgan fingerprint density at radius 2 is 2.00 bits per heavy atom. The Balaban J connectivity index is 1.29. The number of nitrogens with zero attached hydrogens (tertiary/aromatic N) is 2. The number of nitrogens with one attached hydrogen (secondary N) is 1. The van der Waals surface area contributed by atoms with Crippen LogP contribution in [0.4, 0.5) is 4.79 Å². The number of hydrogen-bond donors (Lipinski definition) is 1. The van der Waals surface area contributed by atoms with Crippen LogP contribution in [-0.4, -0.2) is 66.8 Å². The van der Waals surface area contributed by atoms with Crippen molar-refractivity contribution in [3.05, 3.63) is 35.9 Å². The number of amides is 1. The number of piperidine rings is 2. The van der Waals surface area contributed by atoms with E-state index in [4.69, 9.17) is 4.74 Å². The summed E-state index contributed by atoms with van der Waals surface area (Å²) in [7, 11) is 0. The average Bonchev–Trinajstić information content (AvgIpc) is 2.97. The van der Waals surface area contributed by atoms with Gasteiger partial charge >= 0.3 is 6.09 Å². The lowest BCUT2D eigenvalue weighted by Crippen LogP contribution is -2.53. The molecule has 0 aromatic heterocycles. The molecule has 3 aliphatic rings. The maximum Gasteiger partial charge on any atom is 0.410 e. The minimum absolute atomic E-state index is 0.122. The first-order valence-corrected chi connectivity index (χ1v) is 9.71. The Kier molecular flexibility index (Phi) is 4.95. The van der Waals surface area contributed by atoms with Crippen LogP contribution in [0, 0.1) is 0 Å². The van der Waals surface area contributed by atoms with Crippen LogP contribution in [0.1, 0.15) is 31.2 Å². The topological polar surface area (TPSA) is 44.8 Å². The molecule has 1 amide bonds. The van der Waals surface area contributed by atoms with Gasteiger partial charge in [0.25, 0.3) is 0 Å². The Bertz CT molecular complexity index is 578. The van der Waals surface area contributed by atoms with Crippen LogP contribution >= 0.6 is 0 Å². The van der Waals surface area contributed by atoms with Crippen LogP contribution < -0.4 is 5.32 Å². The van der Waals surface area contributed by atoms with Crippen molar-refractivity contribution in [1.82, 2.24) is 15.1 Å². The van der Waals surface area contributed by atoms with Crippen molar-refractivity contribution in [2.75, 3.05) is 39.3 Å². The van der Waals surface area contributed by atoms with E-state index in [9.17, 15) is 4.79 Å². The van der Waals surface area contributed by atoms with Gasteiger partial charge in [-0.3, -0.25) is 4.90 Å². The fourth-order valence-electron chi connectivity index (χ4n) is 4.48. The monoisotopic (exact) mass is 343 g/mol. The summed E-state index contributed by atoms with van der Waals surface area (Å²) in [4.78, 5) is 16.8. The van der Waals surface area contributed by atoms with Crippen LogP contribution in [0.25, 0.3) is 0 Å². The Morgan fingerprint density at radius 1 is 1.20 bits per heavy atom. The van der Waals surface area contributed by atoms with E-state index in [1.54, 1.807) is 0 Å². The molecule has 3 heterocycles. The first-order chi connectivity index (χ1) is 12.2. The van der Waals surface area contributed by atoms with Gasteiger partial charge in [-0.2, -0.15) is 0 Å². The van der Waals surface area contributed by atoms with Gasteiger partial charge in [-0.1, -0.05) is 30.3 Å². The molecule has 0 aliphatic carbocycles. The molecule has 3 saturated heterocycles. The van der Waals surface area contributed by atoms with Gasteiger partial charge in [0.15, 0.2) is 0 Å². The highest BCUT2D eigenvalue weighted by Crippen LogP contribution is 2.34. The van der Waals surface area contributed by atoms with Crippen molar-refractivity contribution in [2.45, 2.75) is 43.7 Å². The summed E-state index contributed by atoms with van der Waals surface area (Å²) < 4.78 is 5.87. The fourth-order valence-corrected chi connectivity index (χ4v) is 4.48. The predicted molar refractivity (Wildman–Crippen MR) is 97.6 cm³/mol. The lowest BCUT2D eigenvalue weighted by Gasteiger charge is -2.42. The second kappa shape index (κ2) is 7.34. The number of carbonyl (C=O) groups excluding carboxylic acids is 1. The predicted octanol–water partition coefficient (Wildman–Crippen LogP) is 2.27. The fraction of sp³-hybridized carbons (Fsp3) is 0.650. The second-order valence-corrected chi connectivity index (χ2v) is 7.74. The highest BCUT2D eigenvalue weighted by Gasteiger charge is 2.47. The van der Waals surface area contributed by atoms with Crippen LogP contribution in [-0.2, 0) is 11.2 Å². The van der Waals surface area contributed by atoms with Crippen LogP contribution in [0.15, 0.2) is 30.3 Å².